The number of hydrogen-bond donors (Lipinski definition) is 3. The van der Waals surface area contributed by atoms with Crippen molar-refractivity contribution in [1.82, 2.24) is 4.90 Å². The quantitative estimate of drug-likeness (QED) is 0.129. The highest BCUT2D eigenvalue weighted by Crippen LogP contribution is 2.24. The van der Waals surface area contributed by atoms with E-state index in [1.807, 2.05) is 39.0 Å². The van der Waals surface area contributed by atoms with Crippen molar-refractivity contribution in [2.75, 3.05) is 39.3 Å². The Kier molecular flexibility index (Phi) is 15.2. The first-order chi connectivity index (χ1) is 22.4. The Hall–Kier alpha value is -3.88. The van der Waals surface area contributed by atoms with Gasteiger partial charge in [0.15, 0.2) is 0 Å². The Balaban J connectivity index is 0.000000756. The van der Waals surface area contributed by atoms with Gasteiger partial charge in [-0.15, -0.1) is 0 Å². The maximum atomic E-state index is 10.2. The van der Waals surface area contributed by atoms with Gasteiger partial charge in [-0.3, -0.25) is 19.9 Å². The molecule has 0 atom stereocenters. The fraction of sp³-hybridized carbons (Fsp3) is 0.270. The van der Waals surface area contributed by atoms with Crippen LogP contribution in [0.4, 0.5) is 0 Å². The summed E-state index contributed by atoms with van der Waals surface area (Å²) in [6.07, 6.45) is 0. The van der Waals surface area contributed by atoms with Crippen molar-refractivity contribution < 1.29 is 15.3 Å². The molecule has 47 heavy (non-hydrogen) atoms. The van der Waals surface area contributed by atoms with Crippen molar-refractivity contribution in [3.05, 3.63) is 122 Å². The van der Waals surface area contributed by atoms with Crippen LogP contribution in [0.3, 0.4) is 0 Å². The van der Waals surface area contributed by atoms with Crippen molar-refractivity contribution in [3.63, 3.8) is 0 Å². The predicted octanol–water partition coefficient (Wildman–Crippen LogP) is 8.89. The molecule has 0 aliphatic carbocycles. The van der Waals surface area contributed by atoms with Crippen molar-refractivity contribution >= 4 is 51.9 Å². The minimum absolute atomic E-state index is 0.130. The molecule has 3 N–H and O–H groups in total. The summed E-state index contributed by atoms with van der Waals surface area (Å²) in [5.74, 6) is 0.391. The monoisotopic (exact) mass is 694 g/mol. The number of aryl methyl sites for hydroxylation is 1. The molecule has 0 saturated heterocycles. The third-order valence-corrected chi connectivity index (χ3v) is 7.99. The topological polar surface area (TPSA) is 101 Å². The van der Waals surface area contributed by atoms with Crippen LogP contribution in [0.2, 0.25) is 15.1 Å². The van der Waals surface area contributed by atoms with Gasteiger partial charge < -0.3 is 15.3 Å². The van der Waals surface area contributed by atoms with Gasteiger partial charge in [-0.1, -0.05) is 70.7 Å². The molecule has 7 nitrogen and oxygen atoms in total. The summed E-state index contributed by atoms with van der Waals surface area (Å²) in [4.78, 5) is 16.1. The summed E-state index contributed by atoms with van der Waals surface area (Å²) >= 11 is 18.3. The highest BCUT2D eigenvalue weighted by Gasteiger charge is 2.10. The van der Waals surface area contributed by atoms with Gasteiger partial charge in [0, 0.05) is 68.5 Å². The first kappa shape index (κ1) is 37.6. The molecule has 0 saturated carbocycles. The van der Waals surface area contributed by atoms with Gasteiger partial charge in [0.25, 0.3) is 0 Å². The zero-order chi connectivity index (χ0) is 34.3. The Morgan fingerprint density at radius 3 is 1.13 bits per heavy atom. The van der Waals surface area contributed by atoms with E-state index in [1.165, 1.54) is 5.56 Å². The molecule has 10 heteroatoms. The maximum absolute atomic E-state index is 10.2. The van der Waals surface area contributed by atoms with E-state index >= 15 is 0 Å². The molecule has 0 aliphatic rings. The molecule has 248 valence electrons. The normalized spacial score (nSPS) is 12.2. The number of aliphatic imine (C=N–C) groups is 3. The number of rotatable bonds is 12. The minimum Gasteiger partial charge on any atom is -0.507 e. The second-order valence-corrected chi connectivity index (χ2v) is 12.2. The van der Waals surface area contributed by atoms with E-state index < -0.39 is 0 Å². The van der Waals surface area contributed by atoms with E-state index in [9.17, 15) is 15.3 Å². The Morgan fingerprint density at radius 1 is 0.532 bits per heavy atom. The minimum atomic E-state index is 0.130. The second-order valence-electron chi connectivity index (χ2n) is 10.9. The molecule has 0 bridgehead atoms. The van der Waals surface area contributed by atoms with Crippen LogP contribution < -0.4 is 0 Å². The molecular weight excluding hydrogens is 655 g/mol. The smallest absolute Gasteiger partial charge is 0.124 e. The largest absolute Gasteiger partial charge is 0.507 e. The Morgan fingerprint density at radius 2 is 0.851 bits per heavy atom. The number of phenolic OH excluding ortho intramolecular Hbond substituents is 3. The maximum Gasteiger partial charge on any atom is 0.124 e. The lowest BCUT2D eigenvalue weighted by atomic mass is 10.1. The van der Waals surface area contributed by atoms with E-state index in [-0.39, 0.29) is 17.2 Å². The fourth-order valence-corrected chi connectivity index (χ4v) is 5.11. The zero-order valence-electron chi connectivity index (χ0n) is 27.1. The van der Waals surface area contributed by atoms with E-state index in [4.69, 9.17) is 34.8 Å². The molecule has 4 aromatic carbocycles. The van der Waals surface area contributed by atoms with Crippen LogP contribution in [0.25, 0.3) is 0 Å². The first-order valence-electron chi connectivity index (χ1n) is 15.2. The van der Waals surface area contributed by atoms with E-state index in [1.54, 1.807) is 54.6 Å². The van der Waals surface area contributed by atoms with Crippen LogP contribution in [0.1, 0.15) is 43.0 Å². The van der Waals surface area contributed by atoms with Gasteiger partial charge in [0.05, 0.1) is 19.6 Å². The second kappa shape index (κ2) is 19.1. The number of nitrogens with zero attached hydrogens (tertiary/aromatic N) is 4. The molecule has 4 aromatic rings. The lowest BCUT2D eigenvalue weighted by Crippen LogP contribution is -2.32. The molecule has 0 heterocycles. The van der Waals surface area contributed by atoms with E-state index in [2.05, 4.69) is 38.9 Å². The summed E-state index contributed by atoms with van der Waals surface area (Å²) in [6, 6.07) is 24.9. The number of hydrogen-bond acceptors (Lipinski definition) is 7. The average Bonchev–Trinajstić information content (AvgIpc) is 3.04. The molecule has 0 radical (unpaired) electrons. The Bertz CT molecular complexity index is 1540. The summed E-state index contributed by atoms with van der Waals surface area (Å²) < 4.78 is 0. The van der Waals surface area contributed by atoms with Crippen LogP contribution in [0.15, 0.2) is 99.9 Å². The van der Waals surface area contributed by atoms with Crippen LogP contribution in [-0.4, -0.2) is 76.6 Å². The predicted molar refractivity (Wildman–Crippen MR) is 198 cm³/mol. The lowest BCUT2D eigenvalue weighted by molar-refractivity contribution is 0.298. The zero-order valence-corrected chi connectivity index (χ0v) is 29.4. The summed E-state index contributed by atoms with van der Waals surface area (Å²) in [5.41, 5.74) is 5.19. The molecule has 0 aromatic heterocycles. The number of benzene rings is 4. The van der Waals surface area contributed by atoms with Crippen molar-refractivity contribution in [2.24, 2.45) is 15.0 Å². The van der Waals surface area contributed by atoms with Crippen molar-refractivity contribution in [2.45, 2.75) is 27.7 Å². The molecule has 4 rings (SSSR count). The fourth-order valence-electron chi connectivity index (χ4n) is 4.60. The average molecular weight is 696 g/mol. The van der Waals surface area contributed by atoms with Gasteiger partial charge in [-0.25, -0.2) is 0 Å². The van der Waals surface area contributed by atoms with Crippen molar-refractivity contribution in [1.29, 1.82) is 0 Å². The Labute approximate surface area is 292 Å². The molecule has 0 fully saturated rings. The van der Waals surface area contributed by atoms with Gasteiger partial charge in [0.2, 0.25) is 0 Å². The van der Waals surface area contributed by atoms with Crippen LogP contribution in [-0.2, 0) is 0 Å². The number of halogens is 3. The third kappa shape index (κ3) is 12.7. The number of aromatic hydroxyl groups is 3. The summed E-state index contributed by atoms with van der Waals surface area (Å²) in [7, 11) is 0. The molecule has 0 unspecified atom stereocenters. The molecule has 0 spiro atoms. The van der Waals surface area contributed by atoms with Gasteiger partial charge >= 0.3 is 0 Å². The molecule has 0 amide bonds. The summed E-state index contributed by atoms with van der Waals surface area (Å²) in [5, 5.41) is 32.1. The van der Waals surface area contributed by atoms with Gasteiger partial charge in [0.1, 0.15) is 17.2 Å². The molecular formula is C37H41Cl3N4O3. The third-order valence-electron chi connectivity index (χ3n) is 7.28. The lowest BCUT2D eigenvalue weighted by Gasteiger charge is -2.20. The summed E-state index contributed by atoms with van der Waals surface area (Å²) in [6.45, 7) is 11.0. The van der Waals surface area contributed by atoms with Crippen LogP contribution >= 0.6 is 34.8 Å². The number of phenols is 3. The highest BCUT2D eigenvalue weighted by molar-refractivity contribution is 6.31. The van der Waals surface area contributed by atoms with Gasteiger partial charge in [-0.2, -0.15) is 0 Å². The highest BCUT2D eigenvalue weighted by atomic mass is 35.5. The van der Waals surface area contributed by atoms with Crippen LogP contribution in [0, 0.1) is 6.92 Å². The van der Waals surface area contributed by atoms with Crippen LogP contribution in [0.5, 0.6) is 17.2 Å². The van der Waals surface area contributed by atoms with Crippen molar-refractivity contribution in [3.8, 4) is 17.2 Å². The van der Waals surface area contributed by atoms with Gasteiger partial charge in [-0.05, 0) is 82.3 Å². The molecule has 0 aliphatic heterocycles. The standard InChI is InChI=1S/C30H33Cl3N4O3.C7H8/c1-19(25-16-22(31)4-7-28(25)38)34-10-13-37(14-11-35-20(2)26-17-23(32)5-8-29(26)39)15-12-36-21(3)27-18-24(33)6-9-30(27)40;1-7-5-3-2-4-6-7/h4-9,16-18,38-40H,10-15H2,1-3H3;2-6H,1H3. The SMILES string of the molecule is CC(=NCCN(CCN=C(C)c1cc(Cl)ccc1O)CCN=C(C)c1cc(Cl)ccc1O)c1cc(Cl)ccc1O.Cc1ccccc1. The van der Waals surface area contributed by atoms with E-state index in [0.29, 0.717) is 88.2 Å². The van der Waals surface area contributed by atoms with E-state index in [0.717, 1.165) is 0 Å². The first-order valence-corrected chi connectivity index (χ1v) is 16.3.